The van der Waals surface area contributed by atoms with Crippen molar-refractivity contribution in [2.45, 2.75) is 37.8 Å². The second-order valence-electron chi connectivity index (χ2n) is 9.78. The zero-order valence-corrected chi connectivity index (χ0v) is 22.3. The molecule has 0 bridgehead atoms. The van der Waals surface area contributed by atoms with Crippen molar-refractivity contribution in [1.82, 2.24) is 9.88 Å². The fourth-order valence-corrected chi connectivity index (χ4v) is 5.48. The Morgan fingerprint density at radius 3 is 2.54 bits per heavy atom. The number of carbonyl (C=O) groups excluding carboxylic acids is 2. The second-order valence-corrected chi connectivity index (χ2v) is 10.9. The largest absolute Gasteiger partial charge is 0.460 e. The maximum absolute atomic E-state index is 14.0. The van der Waals surface area contributed by atoms with Gasteiger partial charge in [-0.1, -0.05) is 0 Å². The Kier molecular flexibility index (Phi) is 7.69. The summed E-state index contributed by atoms with van der Waals surface area (Å²) in [5.74, 6) is -2.90. The molecule has 0 atom stereocenters. The van der Waals surface area contributed by atoms with Crippen LogP contribution in [0.15, 0.2) is 59.2 Å². The lowest BCUT2D eigenvalue weighted by Gasteiger charge is -2.31. The molecule has 5 rings (SSSR count). The molecule has 0 radical (unpaired) electrons. The van der Waals surface area contributed by atoms with Crippen LogP contribution in [0, 0.1) is 0 Å². The lowest BCUT2D eigenvalue weighted by molar-refractivity contribution is -0.136. The molecule has 0 saturated carbocycles. The molecular formula is C29H24F5N3O3S. The van der Waals surface area contributed by atoms with Crippen LogP contribution in [-0.4, -0.2) is 40.6 Å². The number of carbonyl (C=O) groups is 2. The summed E-state index contributed by atoms with van der Waals surface area (Å²) >= 11 is 1.00. The molecule has 1 aromatic carbocycles. The Hall–Kier alpha value is -4.06. The molecule has 1 saturated heterocycles. The van der Waals surface area contributed by atoms with Gasteiger partial charge in [0, 0.05) is 55.2 Å². The number of thiophene rings is 1. The predicted octanol–water partition coefficient (Wildman–Crippen LogP) is 7.24. The molecule has 0 spiro atoms. The number of aromatic nitrogens is 1. The zero-order chi connectivity index (χ0) is 29.4. The van der Waals surface area contributed by atoms with Crippen LogP contribution in [0.4, 0.5) is 27.8 Å². The fourth-order valence-electron chi connectivity index (χ4n) is 4.52. The number of pyridine rings is 1. The first-order valence-corrected chi connectivity index (χ1v) is 13.5. The highest BCUT2D eigenvalue weighted by atomic mass is 32.1. The van der Waals surface area contributed by atoms with E-state index in [0.717, 1.165) is 17.4 Å². The Labute approximate surface area is 235 Å². The van der Waals surface area contributed by atoms with Crippen molar-refractivity contribution in [3.63, 3.8) is 0 Å². The smallest absolute Gasteiger partial charge is 0.420 e. The summed E-state index contributed by atoms with van der Waals surface area (Å²) in [6.45, 7) is -0.171. The summed E-state index contributed by atoms with van der Waals surface area (Å²) < 4.78 is 74.5. The molecule has 4 heterocycles. The number of amides is 1. The highest BCUT2D eigenvalue weighted by molar-refractivity contribution is 7.17. The third kappa shape index (κ3) is 6.64. The number of piperidine rings is 1. The SMILES string of the molecule is Nc1ccc(/C=C/C(=O)CCc2cc3cc(-c4ccc(C(=O)N5CCC(F)(F)CC5)s4)cc(C(F)(F)F)c3o2)cn1. The summed E-state index contributed by atoms with van der Waals surface area (Å²) in [5, 5.41) is 0.209. The van der Waals surface area contributed by atoms with E-state index in [2.05, 4.69) is 4.98 Å². The predicted molar refractivity (Wildman–Crippen MR) is 146 cm³/mol. The number of nitrogens with zero attached hydrogens (tertiary/aromatic N) is 2. The molecule has 214 valence electrons. The number of allylic oxidation sites excluding steroid dienone is 1. The maximum Gasteiger partial charge on any atom is 0.420 e. The maximum atomic E-state index is 14.0. The monoisotopic (exact) mass is 589 g/mol. The number of nitrogen functional groups attached to an aromatic ring is 1. The first-order valence-electron chi connectivity index (χ1n) is 12.7. The molecule has 1 aliphatic heterocycles. The molecular weight excluding hydrogens is 565 g/mol. The van der Waals surface area contributed by atoms with Crippen LogP contribution in [-0.2, 0) is 17.4 Å². The number of nitrogens with two attached hydrogens (primary N) is 1. The van der Waals surface area contributed by atoms with E-state index in [-0.39, 0.29) is 58.9 Å². The van der Waals surface area contributed by atoms with Crippen LogP contribution in [0.5, 0.6) is 0 Å². The lowest BCUT2D eigenvalue weighted by atomic mass is 10.0. The summed E-state index contributed by atoms with van der Waals surface area (Å²) in [6.07, 6.45) is -1.01. The Bertz CT molecular complexity index is 1610. The minimum absolute atomic E-state index is 0.0196. The van der Waals surface area contributed by atoms with Crippen molar-refractivity contribution in [2.75, 3.05) is 18.8 Å². The molecule has 41 heavy (non-hydrogen) atoms. The van der Waals surface area contributed by atoms with Gasteiger partial charge in [0.25, 0.3) is 11.8 Å². The molecule has 4 aromatic rings. The van der Waals surface area contributed by atoms with Crippen LogP contribution < -0.4 is 5.73 Å². The molecule has 0 unspecified atom stereocenters. The van der Waals surface area contributed by atoms with Crippen LogP contribution in [0.3, 0.4) is 0 Å². The lowest BCUT2D eigenvalue weighted by Crippen LogP contribution is -2.42. The average Bonchev–Trinajstić information content (AvgIpc) is 3.57. The molecule has 0 aliphatic carbocycles. The third-order valence-corrected chi connectivity index (χ3v) is 7.87. The molecule has 6 nitrogen and oxygen atoms in total. The number of halogens is 5. The number of alkyl halides is 5. The van der Waals surface area contributed by atoms with E-state index in [9.17, 15) is 31.5 Å². The van der Waals surface area contributed by atoms with Crippen molar-refractivity contribution < 1.29 is 36.0 Å². The number of furan rings is 1. The molecule has 3 aromatic heterocycles. The van der Waals surface area contributed by atoms with Crippen molar-refractivity contribution >= 4 is 45.9 Å². The summed E-state index contributed by atoms with van der Waals surface area (Å²) in [4.78, 5) is 31.1. The molecule has 2 N–H and O–H groups in total. The molecule has 1 aliphatic rings. The number of benzene rings is 1. The van der Waals surface area contributed by atoms with Crippen molar-refractivity contribution in [3.8, 4) is 10.4 Å². The number of rotatable bonds is 7. The minimum Gasteiger partial charge on any atom is -0.460 e. The van der Waals surface area contributed by atoms with E-state index in [1.807, 2.05) is 0 Å². The van der Waals surface area contributed by atoms with Crippen molar-refractivity contribution in [3.05, 3.63) is 76.5 Å². The van der Waals surface area contributed by atoms with Gasteiger partial charge in [-0.15, -0.1) is 11.3 Å². The summed E-state index contributed by atoms with van der Waals surface area (Å²) in [5.41, 5.74) is 5.14. The van der Waals surface area contributed by atoms with E-state index < -0.39 is 36.4 Å². The van der Waals surface area contributed by atoms with E-state index >= 15 is 0 Å². The van der Waals surface area contributed by atoms with Gasteiger partial charge in [0.1, 0.15) is 17.2 Å². The molecule has 12 heteroatoms. The number of ketones is 1. The average molecular weight is 590 g/mol. The highest BCUT2D eigenvalue weighted by Gasteiger charge is 2.37. The van der Waals surface area contributed by atoms with Gasteiger partial charge in [0.2, 0.25) is 0 Å². The summed E-state index contributed by atoms with van der Waals surface area (Å²) in [6, 6.07) is 10.3. The second kappa shape index (κ2) is 11.1. The molecule has 1 amide bonds. The highest BCUT2D eigenvalue weighted by Crippen LogP contribution is 2.41. The van der Waals surface area contributed by atoms with Gasteiger partial charge in [-0.05, 0) is 65.7 Å². The van der Waals surface area contributed by atoms with E-state index in [1.165, 1.54) is 35.4 Å². The fraction of sp³-hybridized carbons (Fsp3) is 0.276. The van der Waals surface area contributed by atoms with Crippen molar-refractivity contribution in [2.24, 2.45) is 0 Å². The number of aryl methyl sites for hydroxylation is 1. The third-order valence-electron chi connectivity index (χ3n) is 6.74. The standard InChI is InChI=1S/C29H24F5N3O3S/c30-28(31)9-11-37(12-10-28)27(39)24-7-6-23(41-24)18-13-19-14-21(40-26(19)22(15-18)29(32,33)34)5-4-20(38)3-1-17-2-8-25(35)36-16-17/h1-3,6-8,13-16H,4-5,9-12H2,(H2,35,36)/b3-1+. The quantitative estimate of drug-likeness (QED) is 0.181. The van der Waals surface area contributed by atoms with Crippen LogP contribution in [0.2, 0.25) is 0 Å². The number of likely N-dealkylation sites (tertiary alicyclic amines) is 1. The van der Waals surface area contributed by atoms with E-state index in [1.54, 1.807) is 24.3 Å². The van der Waals surface area contributed by atoms with Crippen LogP contribution >= 0.6 is 11.3 Å². The van der Waals surface area contributed by atoms with Gasteiger partial charge in [0.15, 0.2) is 5.78 Å². The van der Waals surface area contributed by atoms with E-state index in [0.29, 0.717) is 16.3 Å². The van der Waals surface area contributed by atoms with Gasteiger partial charge in [-0.3, -0.25) is 9.59 Å². The van der Waals surface area contributed by atoms with Gasteiger partial charge in [-0.2, -0.15) is 13.2 Å². The Morgan fingerprint density at radius 1 is 1.10 bits per heavy atom. The van der Waals surface area contributed by atoms with Crippen LogP contribution in [0.25, 0.3) is 27.5 Å². The van der Waals surface area contributed by atoms with Gasteiger partial charge in [0.05, 0.1) is 10.4 Å². The zero-order valence-electron chi connectivity index (χ0n) is 21.5. The summed E-state index contributed by atoms with van der Waals surface area (Å²) in [7, 11) is 0. The molecule has 1 fully saturated rings. The number of hydrogen-bond acceptors (Lipinski definition) is 6. The van der Waals surface area contributed by atoms with Gasteiger partial charge < -0.3 is 15.1 Å². The van der Waals surface area contributed by atoms with Crippen LogP contribution in [0.1, 0.15) is 45.8 Å². The van der Waals surface area contributed by atoms with Gasteiger partial charge >= 0.3 is 6.18 Å². The normalized spacial score (nSPS) is 15.6. The van der Waals surface area contributed by atoms with Gasteiger partial charge in [-0.25, -0.2) is 13.8 Å². The number of hydrogen-bond donors (Lipinski definition) is 1. The number of fused-ring (bicyclic) bond motifs is 1. The first-order chi connectivity index (χ1) is 19.4. The minimum atomic E-state index is -4.72. The Morgan fingerprint density at radius 2 is 1.85 bits per heavy atom. The Balaban J connectivity index is 1.34. The van der Waals surface area contributed by atoms with E-state index in [4.69, 9.17) is 10.2 Å². The topological polar surface area (TPSA) is 89.4 Å². The number of anilines is 1. The first kappa shape index (κ1) is 28.5. The van der Waals surface area contributed by atoms with Crippen molar-refractivity contribution in [1.29, 1.82) is 0 Å².